The Labute approximate surface area is 199 Å². The van der Waals surface area contributed by atoms with Gasteiger partial charge in [0.05, 0.1) is 16.6 Å². The van der Waals surface area contributed by atoms with E-state index in [4.69, 9.17) is 16.0 Å². The largest absolute Gasteiger partial charge is 0.444 e. The number of unbranched alkanes of at least 4 members (excludes halogenated alkanes) is 2. The fourth-order valence-corrected chi connectivity index (χ4v) is 4.82. The minimum atomic E-state index is -0.0270. The molecule has 0 spiro atoms. The number of rotatable bonds is 8. The smallest absolute Gasteiger partial charge is 0.262 e. The molecule has 0 saturated carbocycles. The molecule has 2 aromatic carbocycles. The zero-order valence-corrected chi connectivity index (χ0v) is 19.6. The third-order valence-corrected chi connectivity index (χ3v) is 6.63. The molecule has 5 rings (SSSR count). The van der Waals surface area contributed by atoms with Crippen molar-refractivity contribution in [3.05, 3.63) is 75.9 Å². The van der Waals surface area contributed by atoms with Gasteiger partial charge in [-0.1, -0.05) is 61.3 Å². The van der Waals surface area contributed by atoms with Crippen LogP contribution in [0.2, 0.25) is 5.02 Å². The number of halogens is 1. The third kappa shape index (κ3) is 4.28. The van der Waals surface area contributed by atoms with Crippen molar-refractivity contribution < 1.29 is 4.42 Å². The summed E-state index contributed by atoms with van der Waals surface area (Å²) in [6, 6.07) is 15.0. The fourth-order valence-electron chi connectivity index (χ4n) is 3.81. The Morgan fingerprint density at radius 1 is 1.09 bits per heavy atom. The molecule has 0 saturated heterocycles. The summed E-state index contributed by atoms with van der Waals surface area (Å²) < 4.78 is 9.35. The lowest BCUT2D eigenvalue weighted by atomic mass is 10.2. The van der Waals surface area contributed by atoms with Crippen LogP contribution < -0.4 is 5.56 Å². The third-order valence-electron chi connectivity index (χ3n) is 5.44. The maximum absolute atomic E-state index is 13.1. The summed E-state index contributed by atoms with van der Waals surface area (Å²) in [6.45, 7) is 2.77. The number of thioether (sulfide) groups is 1. The summed E-state index contributed by atoms with van der Waals surface area (Å²) >= 11 is 7.59. The highest BCUT2D eigenvalue weighted by Crippen LogP contribution is 2.27. The highest BCUT2D eigenvalue weighted by atomic mass is 35.5. The van der Waals surface area contributed by atoms with E-state index in [2.05, 4.69) is 22.1 Å². The first kappa shape index (κ1) is 21.7. The van der Waals surface area contributed by atoms with E-state index in [1.807, 2.05) is 52.9 Å². The number of aromatic nitrogens is 5. The molecule has 0 unspecified atom stereocenters. The Morgan fingerprint density at radius 3 is 2.82 bits per heavy atom. The van der Waals surface area contributed by atoms with Crippen LogP contribution in [0.5, 0.6) is 0 Å². The van der Waals surface area contributed by atoms with Gasteiger partial charge in [0.15, 0.2) is 5.16 Å². The van der Waals surface area contributed by atoms with Crippen molar-refractivity contribution in [2.75, 3.05) is 0 Å². The van der Waals surface area contributed by atoms with Crippen molar-refractivity contribution in [3.8, 4) is 11.5 Å². The van der Waals surface area contributed by atoms with Gasteiger partial charge in [-0.25, -0.2) is 4.98 Å². The maximum Gasteiger partial charge on any atom is 0.262 e. The van der Waals surface area contributed by atoms with Crippen molar-refractivity contribution in [1.82, 2.24) is 24.1 Å². The van der Waals surface area contributed by atoms with Crippen molar-refractivity contribution >= 4 is 40.0 Å². The molecule has 7 nitrogen and oxygen atoms in total. The first-order chi connectivity index (χ1) is 16.2. The molecule has 3 aromatic heterocycles. The number of hydrogen-bond donors (Lipinski definition) is 0. The maximum atomic E-state index is 13.1. The second-order valence-electron chi connectivity index (χ2n) is 7.74. The molecule has 0 atom stereocenters. The highest BCUT2D eigenvalue weighted by molar-refractivity contribution is 7.98. The molecular weight excluding hydrogens is 458 g/mol. The molecule has 168 valence electrons. The number of nitrogens with zero attached hydrogens (tertiary/aromatic N) is 5. The van der Waals surface area contributed by atoms with Crippen LogP contribution in [-0.4, -0.2) is 24.1 Å². The van der Waals surface area contributed by atoms with Gasteiger partial charge in [-0.2, -0.15) is 0 Å². The van der Waals surface area contributed by atoms with Crippen molar-refractivity contribution in [2.24, 2.45) is 0 Å². The number of benzene rings is 2. The Hall–Kier alpha value is -3.10. The van der Waals surface area contributed by atoms with Crippen LogP contribution in [0.3, 0.4) is 0 Å². The zero-order valence-electron chi connectivity index (χ0n) is 18.1. The van der Waals surface area contributed by atoms with Crippen LogP contribution in [0.1, 0.15) is 31.9 Å². The molecule has 0 radical (unpaired) electrons. The van der Waals surface area contributed by atoms with Crippen LogP contribution in [0, 0.1) is 0 Å². The van der Waals surface area contributed by atoms with Crippen LogP contribution in [-0.2, 0) is 12.3 Å². The Bertz CT molecular complexity index is 1490. The van der Waals surface area contributed by atoms with Gasteiger partial charge in [0.25, 0.3) is 5.56 Å². The van der Waals surface area contributed by atoms with E-state index in [1.165, 1.54) is 11.8 Å². The summed E-state index contributed by atoms with van der Waals surface area (Å²) in [5.74, 6) is 1.64. The van der Waals surface area contributed by atoms with Gasteiger partial charge in [0.1, 0.15) is 6.26 Å². The van der Waals surface area contributed by atoms with E-state index in [0.717, 1.165) is 36.0 Å². The monoisotopic (exact) mass is 479 g/mol. The molecule has 5 aromatic rings. The number of hydrogen-bond acceptors (Lipinski definition) is 6. The molecule has 0 aliphatic heterocycles. The lowest BCUT2D eigenvalue weighted by Gasteiger charge is -2.10. The van der Waals surface area contributed by atoms with Crippen molar-refractivity contribution in [1.29, 1.82) is 0 Å². The van der Waals surface area contributed by atoms with E-state index in [1.54, 1.807) is 10.8 Å². The summed E-state index contributed by atoms with van der Waals surface area (Å²) in [6.07, 6.45) is 4.71. The Balaban J connectivity index is 1.47. The molecule has 0 amide bonds. The SMILES string of the molecule is CCCCCn1c(=O)c2ccccc2n2c(SCc3coc(-c4cccc(Cl)c4)n3)nnc12. The predicted molar refractivity (Wildman–Crippen MR) is 131 cm³/mol. The van der Waals surface area contributed by atoms with Crippen LogP contribution >= 0.6 is 23.4 Å². The topological polar surface area (TPSA) is 78.2 Å². The van der Waals surface area contributed by atoms with Crippen molar-refractivity contribution in [2.45, 2.75) is 43.6 Å². The van der Waals surface area contributed by atoms with E-state index < -0.39 is 0 Å². The van der Waals surface area contributed by atoms with E-state index in [0.29, 0.717) is 39.5 Å². The normalized spacial score (nSPS) is 11.6. The van der Waals surface area contributed by atoms with Crippen molar-refractivity contribution in [3.63, 3.8) is 0 Å². The average Bonchev–Trinajstić information content (AvgIpc) is 3.47. The number of oxazole rings is 1. The molecule has 9 heteroatoms. The minimum Gasteiger partial charge on any atom is -0.444 e. The minimum absolute atomic E-state index is 0.0270. The molecule has 33 heavy (non-hydrogen) atoms. The quantitative estimate of drug-likeness (QED) is 0.205. The molecule has 0 bridgehead atoms. The van der Waals surface area contributed by atoms with Gasteiger partial charge in [0, 0.05) is 22.9 Å². The lowest BCUT2D eigenvalue weighted by Crippen LogP contribution is -2.23. The Kier molecular flexibility index (Phi) is 6.20. The second kappa shape index (κ2) is 9.41. The molecular formula is C24H22ClN5O2S. The van der Waals surface area contributed by atoms with E-state index in [-0.39, 0.29) is 5.56 Å². The molecule has 0 N–H and O–H groups in total. The van der Waals surface area contributed by atoms with E-state index in [9.17, 15) is 4.79 Å². The van der Waals surface area contributed by atoms with Gasteiger partial charge >= 0.3 is 0 Å². The lowest BCUT2D eigenvalue weighted by molar-refractivity contribution is 0.573. The van der Waals surface area contributed by atoms with Gasteiger partial charge in [-0.3, -0.25) is 13.8 Å². The number of fused-ring (bicyclic) bond motifs is 3. The van der Waals surface area contributed by atoms with Crippen LogP contribution in [0.25, 0.3) is 28.1 Å². The average molecular weight is 480 g/mol. The first-order valence-electron chi connectivity index (χ1n) is 10.9. The molecule has 0 aliphatic carbocycles. The van der Waals surface area contributed by atoms with Gasteiger partial charge in [-0.15, -0.1) is 10.2 Å². The zero-order chi connectivity index (χ0) is 22.8. The summed E-state index contributed by atoms with van der Waals surface area (Å²) in [5.41, 5.74) is 2.39. The number of para-hydroxylation sites is 1. The predicted octanol–water partition coefficient (Wildman–Crippen LogP) is 5.84. The van der Waals surface area contributed by atoms with Crippen LogP contribution in [0.15, 0.2) is 69.2 Å². The second-order valence-corrected chi connectivity index (χ2v) is 9.12. The van der Waals surface area contributed by atoms with Gasteiger partial charge < -0.3 is 4.42 Å². The first-order valence-corrected chi connectivity index (χ1v) is 12.2. The number of aryl methyl sites for hydroxylation is 1. The van der Waals surface area contributed by atoms with Gasteiger partial charge in [0.2, 0.25) is 11.7 Å². The van der Waals surface area contributed by atoms with Crippen LogP contribution in [0.4, 0.5) is 0 Å². The fraction of sp³-hybridized carbons (Fsp3) is 0.250. The molecule has 0 aliphatic rings. The Morgan fingerprint density at radius 2 is 1.97 bits per heavy atom. The summed E-state index contributed by atoms with van der Waals surface area (Å²) in [5, 5.41) is 10.8. The molecule has 3 heterocycles. The summed E-state index contributed by atoms with van der Waals surface area (Å²) in [4.78, 5) is 17.7. The highest BCUT2D eigenvalue weighted by Gasteiger charge is 2.17. The standard InChI is InChI=1S/C24H22ClN5O2S/c1-2-3-6-12-29-22(31)19-10-4-5-11-20(19)30-23(29)27-28-24(30)33-15-18-14-32-21(26-18)16-8-7-9-17(25)13-16/h4-5,7-11,13-14H,2-3,6,12,15H2,1H3. The molecule has 0 fully saturated rings. The van der Waals surface area contributed by atoms with E-state index >= 15 is 0 Å². The van der Waals surface area contributed by atoms with Gasteiger partial charge in [-0.05, 0) is 36.8 Å². The summed E-state index contributed by atoms with van der Waals surface area (Å²) in [7, 11) is 0.